The van der Waals surface area contributed by atoms with Crippen LogP contribution in [0.4, 0.5) is 4.79 Å². The number of urea groups is 1. The number of hydrogen-bond acceptors (Lipinski definition) is 4. The van der Waals surface area contributed by atoms with Crippen LogP contribution >= 0.6 is 0 Å². The summed E-state index contributed by atoms with van der Waals surface area (Å²) in [5, 5.41) is 3.74. The van der Waals surface area contributed by atoms with Gasteiger partial charge in [0.1, 0.15) is 11.1 Å². The summed E-state index contributed by atoms with van der Waals surface area (Å²) in [5.41, 5.74) is 3.72. The first-order valence-electron chi connectivity index (χ1n) is 11.1. The van der Waals surface area contributed by atoms with Gasteiger partial charge < -0.3 is 9.73 Å². The molecule has 1 fully saturated rings. The van der Waals surface area contributed by atoms with E-state index in [0.717, 1.165) is 40.5 Å². The molecule has 0 saturated carbocycles. The zero-order chi connectivity index (χ0) is 22.6. The third-order valence-corrected chi connectivity index (χ3v) is 6.82. The summed E-state index contributed by atoms with van der Waals surface area (Å²) >= 11 is 0. The molecule has 0 bridgehead atoms. The Balaban J connectivity index is 1.58. The van der Waals surface area contributed by atoms with Crippen molar-refractivity contribution in [1.29, 1.82) is 0 Å². The first-order valence-corrected chi connectivity index (χ1v) is 11.1. The average Bonchev–Trinajstić information content (AvgIpc) is 2.98. The van der Waals surface area contributed by atoms with Crippen molar-refractivity contribution in [3.8, 4) is 0 Å². The van der Waals surface area contributed by atoms with E-state index in [9.17, 15) is 14.4 Å². The number of rotatable bonds is 3. The molecule has 2 aliphatic rings. The average molecular weight is 431 g/mol. The number of hydrogen-bond donors (Lipinski definition) is 1. The van der Waals surface area contributed by atoms with E-state index in [2.05, 4.69) is 19.2 Å². The number of nitrogens with one attached hydrogen (secondary N) is 1. The van der Waals surface area contributed by atoms with Crippen molar-refractivity contribution in [3.05, 3.63) is 80.7 Å². The molecule has 164 valence electrons. The van der Waals surface area contributed by atoms with Crippen molar-refractivity contribution in [2.75, 3.05) is 0 Å². The minimum Gasteiger partial charge on any atom is -0.423 e. The van der Waals surface area contributed by atoms with Gasteiger partial charge in [0.25, 0.3) is 5.91 Å². The predicted molar refractivity (Wildman–Crippen MR) is 121 cm³/mol. The molecule has 1 aromatic heterocycles. The van der Waals surface area contributed by atoms with E-state index >= 15 is 0 Å². The van der Waals surface area contributed by atoms with Gasteiger partial charge in [-0.2, -0.15) is 0 Å². The number of carbonyl (C=O) groups is 2. The van der Waals surface area contributed by atoms with Crippen LogP contribution < -0.4 is 10.9 Å². The molecular formula is C26H26N2O4. The van der Waals surface area contributed by atoms with Gasteiger partial charge in [-0.05, 0) is 72.1 Å². The van der Waals surface area contributed by atoms with Gasteiger partial charge in [0, 0.05) is 11.5 Å². The summed E-state index contributed by atoms with van der Waals surface area (Å²) in [6, 6.07) is 12.6. The molecule has 1 spiro atoms. The molecular weight excluding hydrogens is 404 g/mol. The Morgan fingerprint density at radius 2 is 1.91 bits per heavy atom. The van der Waals surface area contributed by atoms with Crippen LogP contribution in [0.1, 0.15) is 60.4 Å². The minimum atomic E-state index is -1.03. The lowest BCUT2D eigenvalue weighted by Gasteiger charge is -2.33. The van der Waals surface area contributed by atoms with Gasteiger partial charge >= 0.3 is 11.7 Å². The van der Waals surface area contributed by atoms with Crippen molar-refractivity contribution in [2.24, 2.45) is 0 Å². The first-order chi connectivity index (χ1) is 15.3. The van der Waals surface area contributed by atoms with Crippen LogP contribution in [-0.2, 0) is 23.3 Å². The molecule has 32 heavy (non-hydrogen) atoms. The van der Waals surface area contributed by atoms with E-state index in [4.69, 9.17) is 4.42 Å². The van der Waals surface area contributed by atoms with Crippen LogP contribution in [-0.4, -0.2) is 16.8 Å². The zero-order valence-corrected chi connectivity index (χ0v) is 18.5. The van der Waals surface area contributed by atoms with E-state index in [1.807, 2.05) is 43.3 Å². The van der Waals surface area contributed by atoms with Crippen molar-refractivity contribution >= 4 is 22.9 Å². The Morgan fingerprint density at radius 3 is 2.69 bits per heavy atom. The molecule has 1 atom stereocenters. The molecule has 5 rings (SSSR count). The molecule has 6 nitrogen and oxygen atoms in total. The van der Waals surface area contributed by atoms with Crippen molar-refractivity contribution in [1.82, 2.24) is 10.2 Å². The highest BCUT2D eigenvalue weighted by Crippen LogP contribution is 2.40. The number of imide groups is 1. The van der Waals surface area contributed by atoms with Crippen LogP contribution in [0.5, 0.6) is 0 Å². The second-order valence-corrected chi connectivity index (χ2v) is 9.19. The lowest BCUT2D eigenvalue weighted by atomic mass is 9.76. The van der Waals surface area contributed by atoms with Crippen LogP contribution in [0.25, 0.3) is 11.0 Å². The third kappa shape index (κ3) is 3.05. The van der Waals surface area contributed by atoms with Crippen molar-refractivity contribution < 1.29 is 14.0 Å². The largest absolute Gasteiger partial charge is 0.423 e. The van der Waals surface area contributed by atoms with Gasteiger partial charge in [0.15, 0.2) is 0 Å². The van der Waals surface area contributed by atoms with Crippen molar-refractivity contribution in [3.63, 3.8) is 0 Å². The van der Waals surface area contributed by atoms with Gasteiger partial charge in [0.05, 0.1) is 6.54 Å². The molecule has 1 unspecified atom stereocenters. The second-order valence-electron chi connectivity index (χ2n) is 9.19. The number of fused-ring (bicyclic) bond motifs is 3. The molecule has 2 heterocycles. The quantitative estimate of drug-likeness (QED) is 0.490. The van der Waals surface area contributed by atoms with E-state index in [0.29, 0.717) is 17.6 Å². The summed E-state index contributed by atoms with van der Waals surface area (Å²) in [6.07, 6.45) is 2.29. The number of carbonyl (C=O) groups excluding carboxylic acids is 2. The summed E-state index contributed by atoms with van der Waals surface area (Å²) < 4.78 is 5.43. The van der Waals surface area contributed by atoms with Gasteiger partial charge in [0.2, 0.25) is 0 Å². The van der Waals surface area contributed by atoms with Crippen LogP contribution in [0.15, 0.2) is 51.7 Å². The van der Waals surface area contributed by atoms with Crippen molar-refractivity contribution in [2.45, 2.75) is 58.0 Å². The van der Waals surface area contributed by atoms with Crippen LogP contribution in [0, 0.1) is 6.92 Å². The third-order valence-electron chi connectivity index (χ3n) is 6.82. The second kappa shape index (κ2) is 7.33. The normalized spacial score (nSPS) is 20.3. The van der Waals surface area contributed by atoms with E-state index in [-0.39, 0.29) is 18.4 Å². The van der Waals surface area contributed by atoms with Gasteiger partial charge in [-0.25, -0.2) is 9.59 Å². The van der Waals surface area contributed by atoms with Crippen LogP contribution in [0.3, 0.4) is 0 Å². The highest BCUT2D eigenvalue weighted by atomic mass is 16.4. The van der Waals surface area contributed by atoms with E-state index in [1.165, 1.54) is 11.0 Å². The first kappa shape index (κ1) is 20.5. The molecule has 2 aromatic carbocycles. The smallest absolute Gasteiger partial charge is 0.336 e. The number of benzene rings is 2. The van der Waals surface area contributed by atoms with Crippen LogP contribution in [0.2, 0.25) is 0 Å². The summed E-state index contributed by atoms with van der Waals surface area (Å²) in [7, 11) is 0. The summed E-state index contributed by atoms with van der Waals surface area (Å²) in [6.45, 7) is 6.23. The Bertz CT molecular complexity index is 1320. The van der Waals surface area contributed by atoms with Gasteiger partial charge in [-0.3, -0.25) is 9.69 Å². The lowest BCUT2D eigenvalue weighted by Crippen LogP contribution is -2.46. The topological polar surface area (TPSA) is 79.6 Å². The fourth-order valence-corrected chi connectivity index (χ4v) is 5.27. The maximum atomic E-state index is 13.7. The monoisotopic (exact) mass is 430 g/mol. The van der Waals surface area contributed by atoms with E-state index < -0.39 is 17.2 Å². The Morgan fingerprint density at radius 1 is 1.12 bits per heavy atom. The summed E-state index contributed by atoms with van der Waals surface area (Å²) in [4.78, 5) is 40.2. The Hall–Kier alpha value is -3.41. The molecule has 1 aliphatic carbocycles. The minimum absolute atomic E-state index is 0.0251. The lowest BCUT2D eigenvalue weighted by molar-refractivity contribution is -0.132. The summed E-state index contributed by atoms with van der Waals surface area (Å²) in [5.74, 6) is 0.0325. The maximum Gasteiger partial charge on any atom is 0.336 e. The Labute approximate surface area is 186 Å². The van der Waals surface area contributed by atoms with Gasteiger partial charge in [-0.1, -0.05) is 38.1 Å². The molecule has 6 heteroatoms. The molecule has 0 radical (unpaired) electrons. The molecule has 3 aromatic rings. The standard InChI is InChI=1S/C26H26N2O4/c1-15(2)19-13-20-18(12-23(29)32-22(20)11-16(19)3)14-28-24(30)26(27-25(28)31)10-6-8-17-7-4-5-9-21(17)26/h4-5,7,9,11-13,15H,6,8,10,14H2,1-3H3,(H,27,31). The fourth-order valence-electron chi connectivity index (χ4n) is 5.27. The predicted octanol–water partition coefficient (Wildman–Crippen LogP) is 4.51. The number of aryl methyl sites for hydroxylation is 2. The zero-order valence-electron chi connectivity index (χ0n) is 18.5. The molecule has 1 saturated heterocycles. The highest BCUT2D eigenvalue weighted by molar-refractivity contribution is 6.08. The Kier molecular flexibility index (Phi) is 4.69. The molecule has 3 amide bonds. The fraction of sp³-hybridized carbons (Fsp3) is 0.346. The molecule has 1 aliphatic heterocycles. The van der Waals surface area contributed by atoms with Gasteiger partial charge in [-0.15, -0.1) is 0 Å². The number of amides is 3. The highest BCUT2D eigenvalue weighted by Gasteiger charge is 2.53. The SMILES string of the molecule is Cc1cc2oc(=O)cc(CN3C(=O)NC4(CCCc5ccccc54)C3=O)c2cc1C(C)C. The van der Waals surface area contributed by atoms with E-state index in [1.54, 1.807) is 0 Å². The number of nitrogens with zero attached hydrogens (tertiary/aromatic N) is 1. The molecule has 1 N–H and O–H groups in total. The maximum absolute atomic E-state index is 13.7.